The normalized spacial score (nSPS) is 19.5. The van der Waals surface area contributed by atoms with Gasteiger partial charge < -0.3 is 14.3 Å². The quantitative estimate of drug-likeness (QED) is 0.771. The molecule has 0 spiro atoms. The molecule has 0 unspecified atom stereocenters. The van der Waals surface area contributed by atoms with Crippen LogP contribution in [-0.2, 0) is 4.74 Å². The Morgan fingerprint density at radius 2 is 1.91 bits per heavy atom. The molecule has 0 aliphatic carbocycles. The lowest BCUT2D eigenvalue weighted by molar-refractivity contribution is -0.174. The highest BCUT2D eigenvalue weighted by atomic mass is 19.4. The van der Waals surface area contributed by atoms with Crippen molar-refractivity contribution in [2.75, 3.05) is 52.5 Å². The van der Waals surface area contributed by atoms with Crippen LogP contribution in [0.15, 0.2) is 22.8 Å². The molecule has 1 aliphatic rings. The highest BCUT2D eigenvalue weighted by molar-refractivity contribution is 5.02. The third-order valence-electron chi connectivity index (χ3n) is 3.59. The Kier molecular flexibility index (Phi) is 6.25. The molecule has 0 bridgehead atoms. The zero-order chi connectivity index (χ0) is 16.0. The number of hydrogen-bond donors (Lipinski definition) is 1. The fourth-order valence-electron chi connectivity index (χ4n) is 2.39. The largest absolute Gasteiger partial charge is 0.467 e. The zero-order valence-electron chi connectivity index (χ0n) is 12.3. The van der Waals surface area contributed by atoms with Gasteiger partial charge in [-0.15, -0.1) is 0 Å². The van der Waals surface area contributed by atoms with Gasteiger partial charge in [0.25, 0.3) is 0 Å². The molecule has 5 nitrogen and oxygen atoms in total. The molecular formula is C14H21F3N2O3. The van der Waals surface area contributed by atoms with Crippen LogP contribution in [-0.4, -0.2) is 73.6 Å². The van der Waals surface area contributed by atoms with E-state index in [2.05, 4.69) is 14.5 Å². The summed E-state index contributed by atoms with van der Waals surface area (Å²) in [5.41, 5.74) is 0. The van der Waals surface area contributed by atoms with Gasteiger partial charge >= 0.3 is 6.18 Å². The van der Waals surface area contributed by atoms with Crippen LogP contribution in [0.3, 0.4) is 0 Å². The topological polar surface area (TPSA) is 49.1 Å². The minimum Gasteiger partial charge on any atom is -0.467 e. The van der Waals surface area contributed by atoms with E-state index in [9.17, 15) is 18.3 Å². The fraction of sp³-hybridized carbons (Fsp3) is 0.714. The third kappa shape index (κ3) is 5.96. The first-order valence-electron chi connectivity index (χ1n) is 7.25. The van der Waals surface area contributed by atoms with Gasteiger partial charge in [0.2, 0.25) is 0 Å². The number of piperazine rings is 1. The van der Waals surface area contributed by atoms with Crippen LogP contribution in [0.2, 0.25) is 0 Å². The number of hydrogen-bond acceptors (Lipinski definition) is 5. The molecule has 1 aromatic rings. The van der Waals surface area contributed by atoms with Crippen molar-refractivity contribution in [1.29, 1.82) is 0 Å². The lowest BCUT2D eigenvalue weighted by Gasteiger charge is -2.35. The number of β-amino-alcohol motifs (C(OH)–C–C–N with tert-alkyl or cyclic N) is 1. The van der Waals surface area contributed by atoms with Crippen molar-refractivity contribution in [3.8, 4) is 0 Å². The maximum Gasteiger partial charge on any atom is 0.411 e. The van der Waals surface area contributed by atoms with Gasteiger partial charge in [0, 0.05) is 39.3 Å². The molecule has 0 radical (unpaired) electrons. The predicted molar refractivity (Wildman–Crippen MR) is 73.4 cm³/mol. The van der Waals surface area contributed by atoms with E-state index >= 15 is 0 Å². The van der Waals surface area contributed by atoms with E-state index < -0.39 is 18.9 Å². The monoisotopic (exact) mass is 322 g/mol. The molecule has 22 heavy (non-hydrogen) atoms. The second kappa shape index (κ2) is 7.96. The minimum absolute atomic E-state index is 0.0779. The molecule has 126 valence electrons. The number of furan rings is 1. The Balaban J connectivity index is 1.59. The molecule has 2 rings (SSSR count). The lowest BCUT2D eigenvalue weighted by atomic mass is 10.2. The Bertz CT molecular complexity index is 417. The number of alkyl halides is 3. The van der Waals surface area contributed by atoms with Crippen LogP contribution in [0.4, 0.5) is 13.2 Å². The van der Waals surface area contributed by atoms with Gasteiger partial charge in [0.15, 0.2) is 0 Å². The van der Waals surface area contributed by atoms with E-state index in [4.69, 9.17) is 4.42 Å². The summed E-state index contributed by atoms with van der Waals surface area (Å²) < 4.78 is 45.6. The minimum atomic E-state index is -4.26. The van der Waals surface area contributed by atoms with Crippen molar-refractivity contribution in [2.24, 2.45) is 0 Å². The van der Waals surface area contributed by atoms with E-state index in [1.54, 1.807) is 12.1 Å². The molecule has 1 fully saturated rings. The van der Waals surface area contributed by atoms with Crippen molar-refractivity contribution in [3.05, 3.63) is 24.2 Å². The average molecular weight is 322 g/mol. The van der Waals surface area contributed by atoms with Crippen molar-refractivity contribution in [2.45, 2.75) is 12.3 Å². The maximum atomic E-state index is 11.9. The van der Waals surface area contributed by atoms with Crippen molar-refractivity contribution in [3.63, 3.8) is 0 Å². The molecule has 1 aromatic heterocycles. The number of nitrogens with zero attached hydrogens (tertiary/aromatic N) is 2. The Hall–Kier alpha value is -1.09. The second-order valence-corrected chi connectivity index (χ2v) is 5.34. The third-order valence-corrected chi connectivity index (χ3v) is 3.59. The first kappa shape index (κ1) is 17.3. The van der Waals surface area contributed by atoms with Crippen LogP contribution < -0.4 is 0 Å². The number of aliphatic hydroxyl groups is 1. The van der Waals surface area contributed by atoms with Gasteiger partial charge in [-0.25, -0.2) is 0 Å². The highest BCUT2D eigenvalue weighted by Crippen LogP contribution is 2.16. The summed E-state index contributed by atoms with van der Waals surface area (Å²) in [4.78, 5) is 4.17. The van der Waals surface area contributed by atoms with E-state index in [0.717, 1.165) is 26.2 Å². The maximum absolute atomic E-state index is 11.9. The summed E-state index contributed by atoms with van der Waals surface area (Å²) in [6.07, 6.45) is -3.39. The SMILES string of the molecule is O[C@@H](CN1CCN(CCOCC(F)(F)F)CC1)c1ccco1. The van der Waals surface area contributed by atoms with Gasteiger partial charge in [-0.3, -0.25) is 9.80 Å². The van der Waals surface area contributed by atoms with E-state index in [1.165, 1.54) is 6.26 Å². The summed E-state index contributed by atoms with van der Waals surface area (Å²) in [6.45, 7) is 2.89. The molecule has 1 N–H and O–H groups in total. The molecule has 2 heterocycles. The van der Waals surface area contributed by atoms with Crippen LogP contribution in [0.25, 0.3) is 0 Å². The molecule has 0 saturated carbocycles. The smallest absolute Gasteiger partial charge is 0.411 e. The number of halogens is 3. The molecule has 1 atom stereocenters. The summed E-state index contributed by atoms with van der Waals surface area (Å²) in [5, 5.41) is 10.0. The van der Waals surface area contributed by atoms with E-state index in [1.807, 2.05) is 0 Å². The van der Waals surface area contributed by atoms with Gasteiger partial charge in [0.05, 0.1) is 12.9 Å². The molecule has 1 aliphatic heterocycles. The highest BCUT2D eigenvalue weighted by Gasteiger charge is 2.27. The fourth-order valence-corrected chi connectivity index (χ4v) is 2.39. The number of ether oxygens (including phenoxy) is 1. The van der Waals surface area contributed by atoms with Crippen LogP contribution in [0.1, 0.15) is 11.9 Å². The average Bonchev–Trinajstić information content (AvgIpc) is 2.98. The van der Waals surface area contributed by atoms with Gasteiger partial charge in [-0.2, -0.15) is 13.2 Å². The van der Waals surface area contributed by atoms with Crippen molar-refractivity contribution >= 4 is 0 Å². The molecular weight excluding hydrogens is 301 g/mol. The standard InChI is InChI=1S/C14H21F3N2O3/c15-14(16,17)11-21-9-7-18-3-5-19(6-4-18)10-12(20)13-2-1-8-22-13/h1-2,8,12,20H,3-7,9-11H2/t12-/m0/s1. The van der Waals surface area contributed by atoms with E-state index in [-0.39, 0.29) is 6.61 Å². The predicted octanol–water partition coefficient (Wildman–Crippen LogP) is 1.51. The summed E-state index contributed by atoms with van der Waals surface area (Å²) >= 11 is 0. The Morgan fingerprint density at radius 1 is 1.23 bits per heavy atom. The molecule has 8 heteroatoms. The van der Waals surface area contributed by atoms with Gasteiger partial charge in [-0.05, 0) is 12.1 Å². The molecule has 0 amide bonds. The summed E-state index contributed by atoms with van der Waals surface area (Å²) in [7, 11) is 0. The Labute approximate surface area is 127 Å². The van der Waals surface area contributed by atoms with Gasteiger partial charge in [-0.1, -0.05) is 0 Å². The second-order valence-electron chi connectivity index (χ2n) is 5.34. The summed E-state index contributed by atoms with van der Waals surface area (Å²) in [5.74, 6) is 0.544. The number of aliphatic hydroxyl groups excluding tert-OH is 1. The van der Waals surface area contributed by atoms with Crippen molar-refractivity contribution in [1.82, 2.24) is 9.80 Å². The Morgan fingerprint density at radius 3 is 2.50 bits per heavy atom. The van der Waals surface area contributed by atoms with Gasteiger partial charge in [0.1, 0.15) is 18.5 Å². The lowest BCUT2D eigenvalue weighted by Crippen LogP contribution is -2.48. The van der Waals surface area contributed by atoms with Crippen molar-refractivity contribution < 1.29 is 27.4 Å². The van der Waals surface area contributed by atoms with Crippen LogP contribution in [0, 0.1) is 0 Å². The number of rotatable bonds is 7. The van der Waals surface area contributed by atoms with Crippen LogP contribution in [0.5, 0.6) is 0 Å². The molecule has 0 aromatic carbocycles. The molecule has 1 saturated heterocycles. The first-order valence-corrected chi connectivity index (χ1v) is 7.25. The van der Waals surface area contributed by atoms with Crippen LogP contribution >= 0.6 is 0 Å². The first-order chi connectivity index (χ1) is 10.4. The van der Waals surface area contributed by atoms with E-state index in [0.29, 0.717) is 18.8 Å². The summed E-state index contributed by atoms with van der Waals surface area (Å²) in [6, 6.07) is 3.47. The zero-order valence-corrected chi connectivity index (χ0v) is 12.3.